The van der Waals surface area contributed by atoms with Crippen LogP contribution in [0.2, 0.25) is 0 Å². The molecule has 4 heterocycles. The average molecular weight is 397 g/mol. The predicted molar refractivity (Wildman–Crippen MR) is 102 cm³/mol. The lowest BCUT2D eigenvalue weighted by atomic mass is 9.95. The molecule has 29 heavy (non-hydrogen) atoms. The molecule has 1 N–H and O–H groups in total. The van der Waals surface area contributed by atoms with E-state index in [1.54, 1.807) is 17.0 Å². The summed E-state index contributed by atoms with van der Waals surface area (Å²) in [5.41, 5.74) is 0.541. The molecule has 1 spiro atoms. The van der Waals surface area contributed by atoms with Crippen LogP contribution in [0, 0.1) is 0 Å². The van der Waals surface area contributed by atoms with Crippen molar-refractivity contribution in [2.45, 2.75) is 38.0 Å². The van der Waals surface area contributed by atoms with Gasteiger partial charge >= 0.3 is 0 Å². The molecule has 0 saturated carbocycles. The summed E-state index contributed by atoms with van der Waals surface area (Å²) in [6, 6.07) is 8.92. The van der Waals surface area contributed by atoms with Gasteiger partial charge in [0.2, 0.25) is 12.7 Å². The summed E-state index contributed by atoms with van der Waals surface area (Å²) in [5.74, 6) is 1.76. The quantitative estimate of drug-likeness (QED) is 0.853. The van der Waals surface area contributed by atoms with Crippen LogP contribution in [0.15, 0.2) is 41.0 Å². The van der Waals surface area contributed by atoms with E-state index >= 15 is 0 Å². The Kier molecular flexibility index (Phi) is 4.24. The van der Waals surface area contributed by atoms with Crippen LogP contribution in [0.3, 0.4) is 0 Å². The molecule has 2 aromatic rings. The van der Waals surface area contributed by atoms with Gasteiger partial charge in [-0.2, -0.15) is 0 Å². The van der Waals surface area contributed by atoms with E-state index in [1.807, 2.05) is 30.0 Å². The van der Waals surface area contributed by atoms with E-state index in [4.69, 9.17) is 13.9 Å². The highest BCUT2D eigenvalue weighted by atomic mass is 16.7. The lowest BCUT2D eigenvalue weighted by Crippen LogP contribution is -2.59. The third kappa shape index (κ3) is 3.04. The summed E-state index contributed by atoms with van der Waals surface area (Å²) < 4.78 is 16.1. The smallest absolute Gasteiger partial charge is 0.289 e. The van der Waals surface area contributed by atoms with Gasteiger partial charge in [0.05, 0.1) is 18.0 Å². The van der Waals surface area contributed by atoms with Crippen LogP contribution in [-0.4, -0.2) is 53.2 Å². The lowest BCUT2D eigenvalue weighted by molar-refractivity contribution is -0.133. The highest BCUT2D eigenvalue weighted by molar-refractivity contribution is 5.91. The number of piperidine rings is 1. The van der Waals surface area contributed by atoms with Crippen molar-refractivity contribution in [2.24, 2.45) is 0 Å². The predicted octanol–water partition coefficient (Wildman–Crippen LogP) is 1.96. The number of hydrogen-bond donors (Lipinski definition) is 1. The number of ether oxygens (including phenoxy) is 2. The second-order valence-corrected chi connectivity index (χ2v) is 7.78. The molecule has 0 aliphatic carbocycles. The molecule has 152 valence electrons. The van der Waals surface area contributed by atoms with Crippen molar-refractivity contribution in [1.82, 2.24) is 15.1 Å². The van der Waals surface area contributed by atoms with Gasteiger partial charge in [0.25, 0.3) is 5.91 Å². The molecule has 2 amide bonds. The molecule has 3 aliphatic rings. The van der Waals surface area contributed by atoms with E-state index in [9.17, 15) is 9.59 Å². The molecule has 0 radical (unpaired) electrons. The monoisotopic (exact) mass is 397 g/mol. The second-order valence-electron chi connectivity index (χ2n) is 7.78. The first-order valence-corrected chi connectivity index (χ1v) is 9.86. The Bertz CT molecular complexity index is 934. The normalized spacial score (nSPS) is 22.5. The fourth-order valence-corrected chi connectivity index (χ4v) is 4.49. The number of nitrogens with one attached hydrogen (secondary N) is 1. The van der Waals surface area contributed by atoms with Crippen LogP contribution in [0.1, 0.15) is 35.9 Å². The van der Waals surface area contributed by atoms with Gasteiger partial charge in [-0.05, 0) is 36.8 Å². The Morgan fingerprint density at radius 2 is 2.00 bits per heavy atom. The van der Waals surface area contributed by atoms with Crippen LogP contribution in [0.4, 0.5) is 0 Å². The summed E-state index contributed by atoms with van der Waals surface area (Å²) in [4.78, 5) is 29.2. The molecule has 0 bridgehead atoms. The molecule has 2 saturated heterocycles. The fourth-order valence-electron chi connectivity index (χ4n) is 4.49. The molecular formula is C21H23N3O5. The lowest BCUT2D eigenvalue weighted by Gasteiger charge is -2.44. The third-order valence-electron chi connectivity index (χ3n) is 6.03. The van der Waals surface area contributed by atoms with Crippen LogP contribution >= 0.6 is 0 Å². The Morgan fingerprint density at radius 1 is 1.21 bits per heavy atom. The summed E-state index contributed by atoms with van der Waals surface area (Å²) in [7, 11) is 0. The largest absolute Gasteiger partial charge is 0.459 e. The first-order valence-electron chi connectivity index (χ1n) is 9.86. The maximum absolute atomic E-state index is 12.9. The summed E-state index contributed by atoms with van der Waals surface area (Å²) in [6.45, 7) is 3.72. The molecule has 8 heteroatoms. The zero-order valence-electron chi connectivity index (χ0n) is 16.2. The highest BCUT2D eigenvalue weighted by Gasteiger charge is 2.50. The minimum Gasteiger partial charge on any atom is -0.459 e. The molecule has 0 unspecified atom stereocenters. The second kappa shape index (κ2) is 6.81. The van der Waals surface area contributed by atoms with Crippen molar-refractivity contribution in [3.63, 3.8) is 0 Å². The number of rotatable bonds is 3. The summed E-state index contributed by atoms with van der Waals surface area (Å²) in [5, 5.41) is 3.49. The van der Waals surface area contributed by atoms with Crippen molar-refractivity contribution >= 4 is 11.8 Å². The molecule has 3 aliphatic heterocycles. The van der Waals surface area contributed by atoms with Crippen LogP contribution in [0.5, 0.6) is 11.5 Å². The van der Waals surface area contributed by atoms with E-state index in [0.29, 0.717) is 44.0 Å². The van der Waals surface area contributed by atoms with Crippen LogP contribution in [0.25, 0.3) is 0 Å². The SMILES string of the molecule is C[C@H]1NC2(CCN(C(=O)c3ccco3)CC2)N(Cc2ccc3c(c2)OCO3)C1=O. The van der Waals surface area contributed by atoms with Crippen molar-refractivity contribution in [3.8, 4) is 11.5 Å². The highest BCUT2D eigenvalue weighted by Crippen LogP contribution is 2.37. The molecule has 1 aromatic carbocycles. The minimum absolute atomic E-state index is 0.0773. The number of amides is 2. The van der Waals surface area contributed by atoms with E-state index in [-0.39, 0.29) is 24.6 Å². The molecule has 1 aromatic heterocycles. The van der Waals surface area contributed by atoms with E-state index < -0.39 is 5.66 Å². The van der Waals surface area contributed by atoms with Gasteiger partial charge in [0.1, 0.15) is 0 Å². The maximum Gasteiger partial charge on any atom is 0.289 e. The number of nitrogens with zero attached hydrogens (tertiary/aromatic N) is 2. The van der Waals surface area contributed by atoms with Gasteiger partial charge in [-0.1, -0.05) is 6.07 Å². The summed E-state index contributed by atoms with van der Waals surface area (Å²) >= 11 is 0. The van der Waals surface area contributed by atoms with Crippen molar-refractivity contribution in [3.05, 3.63) is 47.9 Å². The molecule has 8 nitrogen and oxygen atoms in total. The zero-order valence-corrected chi connectivity index (χ0v) is 16.2. The Balaban J connectivity index is 1.33. The molecule has 1 atom stereocenters. The van der Waals surface area contributed by atoms with Crippen molar-refractivity contribution in [1.29, 1.82) is 0 Å². The number of fused-ring (bicyclic) bond motifs is 1. The fraction of sp³-hybridized carbons (Fsp3) is 0.429. The number of carbonyl (C=O) groups is 2. The van der Waals surface area contributed by atoms with Crippen molar-refractivity contribution < 1.29 is 23.5 Å². The topological polar surface area (TPSA) is 84.2 Å². The number of hydrogen-bond acceptors (Lipinski definition) is 6. The molecule has 5 rings (SSSR count). The molecule has 2 fully saturated rings. The number of carbonyl (C=O) groups excluding carboxylic acids is 2. The van der Waals surface area contributed by atoms with E-state index in [0.717, 1.165) is 11.3 Å². The first kappa shape index (κ1) is 18.1. The van der Waals surface area contributed by atoms with E-state index in [2.05, 4.69) is 5.32 Å². The maximum atomic E-state index is 12.9. The Morgan fingerprint density at radius 3 is 2.76 bits per heavy atom. The molecular weight excluding hydrogens is 374 g/mol. The summed E-state index contributed by atoms with van der Waals surface area (Å²) in [6.07, 6.45) is 2.84. The third-order valence-corrected chi connectivity index (χ3v) is 6.03. The van der Waals surface area contributed by atoms with Gasteiger partial charge in [-0.15, -0.1) is 0 Å². The van der Waals surface area contributed by atoms with Crippen LogP contribution in [-0.2, 0) is 11.3 Å². The van der Waals surface area contributed by atoms with Gasteiger partial charge in [0.15, 0.2) is 17.3 Å². The van der Waals surface area contributed by atoms with Gasteiger partial charge in [-0.25, -0.2) is 0 Å². The Hall–Kier alpha value is -3.00. The number of benzene rings is 1. The Labute approximate surface area is 168 Å². The first-order chi connectivity index (χ1) is 14.1. The number of likely N-dealkylation sites (tertiary alicyclic amines) is 1. The number of furan rings is 1. The average Bonchev–Trinajstić information content (AvgIpc) is 3.46. The zero-order chi connectivity index (χ0) is 20.0. The minimum atomic E-state index is -0.452. The van der Waals surface area contributed by atoms with Crippen LogP contribution < -0.4 is 14.8 Å². The van der Waals surface area contributed by atoms with Gasteiger partial charge < -0.3 is 23.7 Å². The standard InChI is InChI=1S/C21H23N3O5/c1-14-19(25)24(12-15-4-5-16-18(11-15)29-13-28-16)21(22-14)6-8-23(9-7-21)20(26)17-3-2-10-27-17/h2-5,10-11,14,22H,6-9,12-13H2,1H3/t14-/m1/s1. The van der Waals surface area contributed by atoms with Crippen molar-refractivity contribution in [2.75, 3.05) is 19.9 Å². The van der Waals surface area contributed by atoms with Gasteiger partial charge in [-0.3, -0.25) is 14.9 Å². The van der Waals surface area contributed by atoms with Gasteiger partial charge in [0, 0.05) is 32.5 Å². The van der Waals surface area contributed by atoms with E-state index in [1.165, 1.54) is 6.26 Å².